The van der Waals surface area contributed by atoms with Gasteiger partial charge in [-0.15, -0.1) is 0 Å². The molecule has 1 rings (SSSR count). The minimum atomic E-state index is -0.109. The molecule has 1 saturated heterocycles. The van der Waals surface area contributed by atoms with Crippen LogP contribution in [-0.2, 0) is 9.53 Å². The summed E-state index contributed by atoms with van der Waals surface area (Å²) in [6.07, 6.45) is 1.68. The lowest BCUT2D eigenvalue weighted by Gasteiger charge is -2.38. The predicted molar refractivity (Wildman–Crippen MR) is 59.8 cm³/mol. The van der Waals surface area contributed by atoms with Crippen molar-refractivity contribution in [2.24, 2.45) is 0 Å². The van der Waals surface area contributed by atoms with E-state index in [-0.39, 0.29) is 5.97 Å². The summed E-state index contributed by atoms with van der Waals surface area (Å²) in [5, 5.41) is 0. The van der Waals surface area contributed by atoms with Gasteiger partial charge in [0.2, 0.25) is 0 Å². The molecular weight excluding hydrogens is 192 g/mol. The molecule has 0 aliphatic carbocycles. The minimum Gasteiger partial charge on any atom is -0.469 e. The van der Waals surface area contributed by atoms with Crippen LogP contribution in [0.4, 0.5) is 0 Å². The summed E-state index contributed by atoms with van der Waals surface area (Å²) in [5.41, 5.74) is 0. The van der Waals surface area contributed by atoms with E-state index >= 15 is 0 Å². The van der Waals surface area contributed by atoms with Gasteiger partial charge in [0, 0.05) is 32.2 Å². The van der Waals surface area contributed by atoms with Crippen molar-refractivity contribution in [3.8, 4) is 0 Å². The van der Waals surface area contributed by atoms with E-state index in [1.54, 1.807) is 0 Å². The monoisotopic (exact) mass is 214 g/mol. The zero-order chi connectivity index (χ0) is 11.3. The van der Waals surface area contributed by atoms with Crippen molar-refractivity contribution in [1.82, 2.24) is 9.80 Å². The van der Waals surface area contributed by atoms with Gasteiger partial charge in [-0.3, -0.25) is 9.69 Å². The highest BCUT2D eigenvalue weighted by molar-refractivity contribution is 5.69. The molecule has 0 aromatic heterocycles. The van der Waals surface area contributed by atoms with Gasteiger partial charge in [0.05, 0.1) is 13.5 Å². The fourth-order valence-corrected chi connectivity index (χ4v) is 2.01. The third kappa shape index (κ3) is 3.80. The van der Waals surface area contributed by atoms with E-state index in [1.165, 1.54) is 13.5 Å². The topological polar surface area (TPSA) is 32.8 Å². The number of carbonyl (C=O) groups is 1. The average molecular weight is 214 g/mol. The number of carbonyl (C=O) groups excluding carboxylic acids is 1. The van der Waals surface area contributed by atoms with Gasteiger partial charge in [-0.05, 0) is 13.5 Å². The van der Waals surface area contributed by atoms with E-state index in [0.29, 0.717) is 12.5 Å². The van der Waals surface area contributed by atoms with Crippen LogP contribution in [0.25, 0.3) is 0 Å². The molecule has 1 heterocycles. The van der Waals surface area contributed by atoms with Crippen molar-refractivity contribution in [2.75, 3.05) is 40.3 Å². The molecule has 1 fully saturated rings. The fourth-order valence-electron chi connectivity index (χ4n) is 2.01. The molecule has 1 aliphatic heterocycles. The van der Waals surface area contributed by atoms with Crippen LogP contribution >= 0.6 is 0 Å². The van der Waals surface area contributed by atoms with Crippen molar-refractivity contribution in [3.63, 3.8) is 0 Å². The summed E-state index contributed by atoms with van der Waals surface area (Å²) in [6.45, 7) is 6.27. The number of esters is 1. The number of piperazine rings is 1. The fraction of sp³-hybridized carbons (Fsp3) is 0.909. The highest BCUT2D eigenvalue weighted by atomic mass is 16.5. The first kappa shape index (κ1) is 12.5. The Bertz CT molecular complexity index is 209. The second kappa shape index (κ2) is 6.08. The van der Waals surface area contributed by atoms with Crippen molar-refractivity contribution in [1.29, 1.82) is 0 Å². The number of methoxy groups -OCH3 is 1. The molecule has 4 nitrogen and oxygen atoms in total. The SMILES string of the molecule is CCC1CN(CCC(=O)OC)CCN1C. The lowest BCUT2D eigenvalue weighted by Crippen LogP contribution is -2.51. The lowest BCUT2D eigenvalue weighted by atomic mass is 10.1. The van der Waals surface area contributed by atoms with Gasteiger partial charge in [-0.1, -0.05) is 6.92 Å². The summed E-state index contributed by atoms with van der Waals surface area (Å²) in [7, 11) is 3.62. The smallest absolute Gasteiger partial charge is 0.306 e. The maximum Gasteiger partial charge on any atom is 0.306 e. The lowest BCUT2D eigenvalue weighted by molar-refractivity contribution is -0.141. The standard InChI is InChI=1S/C11H22N2O2/c1-4-10-9-13(8-7-12(10)2)6-5-11(14)15-3/h10H,4-9H2,1-3H3. The van der Waals surface area contributed by atoms with Crippen LogP contribution in [0.1, 0.15) is 19.8 Å². The summed E-state index contributed by atoms with van der Waals surface area (Å²) >= 11 is 0. The summed E-state index contributed by atoms with van der Waals surface area (Å²) in [5.74, 6) is -0.109. The third-order valence-electron chi connectivity index (χ3n) is 3.19. The quantitative estimate of drug-likeness (QED) is 0.641. The molecule has 0 aromatic carbocycles. The minimum absolute atomic E-state index is 0.109. The Morgan fingerprint density at radius 2 is 2.20 bits per heavy atom. The molecule has 15 heavy (non-hydrogen) atoms. The Morgan fingerprint density at radius 1 is 1.47 bits per heavy atom. The number of ether oxygens (including phenoxy) is 1. The van der Waals surface area contributed by atoms with E-state index in [1.807, 2.05) is 0 Å². The van der Waals surface area contributed by atoms with Gasteiger partial charge in [0.15, 0.2) is 0 Å². The molecule has 0 N–H and O–H groups in total. The van der Waals surface area contributed by atoms with E-state index in [4.69, 9.17) is 0 Å². The molecular formula is C11H22N2O2. The van der Waals surface area contributed by atoms with Crippen LogP contribution in [0.15, 0.2) is 0 Å². The number of hydrogen-bond donors (Lipinski definition) is 0. The van der Waals surface area contributed by atoms with Crippen LogP contribution < -0.4 is 0 Å². The molecule has 1 unspecified atom stereocenters. The van der Waals surface area contributed by atoms with E-state index in [0.717, 1.165) is 26.2 Å². The molecule has 0 radical (unpaired) electrons. The van der Waals surface area contributed by atoms with E-state index in [9.17, 15) is 4.79 Å². The Balaban J connectivity index is 2.29. The second-order valence-electron chi connectivity index (χ2n) is 4.17. The van der Waals surface area contributed by atoms with Crippen LogP contribution in [-0.4, -0.2) is 62.1 Å². The number of nitrogens with zero attached hydrogens (tertiary/aromatic N) is 2. The average Bonchev–Trinajstić information content (AvgIpc) is 2.27. The third-order valence-corrected chi connectivity index (χ3v) is 3.19. The largest absolute Gasteiger partial charge is 0.469 e. The Hall–Kier alpha value is -0.610. The summed E-state index contributed by atoms with van der Waals surface area (Å²) < 4.78 is 4.64. The van der Waals surface area contributed by atoms with E-state index in [2.05, 4.69) is 28.5 Å². The molecule has 1 aliphatic rings. The number of likely N-dealkylation sites (N-methyl/N-ethyl adjacent to an activating group) is 1. The van der Waals surface area contributed by atoms with Gasteiger partial charge in [-0.2, -0.15) is 0 Å². The Morgan fingerprint density at radius 3 is 2.80 bits per heavy atom. The summed E-state index contributed by atoms with van der Waals surface area (Å²) in [4.78, 5) is 15.8. The molecule has 0 bridgehead atoms. The molecule has 0 amide bonds. The predicted octanol–water partition coefficient (Wildman–Crippen LogP) is 0.575. The molecule has 0 spiro atoms. The van der Waals surface area contributed by atoms with E-state index < -0.39 is 0 Å². The second-order valence-corrected chi connectivity index (χ2v) is 4.17. The first-order valence-electron chi connectivity index (χ1n) is 5.66. The highest BCUT2D eigenvalue weighted by Crippen LogP contribution is 2.10. The van der Waals surface area contributed by atoms with Crippen molar-refractivity contribution < 1.29 is 9.53 Å². The van der Waals surface area contributed by atoms with Gasteiger partial charge >= 0.3 is 5.97 Å². The highest BCUT2D eigenvalue weighted by Gasteiger charge is 2.22. The van der Waals surface area contributed by atoms with Gasteiger partial charge in [0.25, 0.3) is 0 Å². The maximum atomic E-state index is 11.0. The maximum absolute atomic E-state index is 11.0. The van der Waals surface area contributed by atoms with Crippen molar-refractivity contribution in [3.05, 3.63) is 0 Å². The van der Waals surface area contributed by atoms with Crippen molar-refractivity contribution >= 4 is 5.97 Å². The van der Waals surface area contributed by atoms with Gasteiger partial charge < -0.3 is 9.64 Å². The molecule has 1 atom stereocenters. The number of rotatable bonds is 4. The molecule has 88 valence electrons. The van der Waals surface area contributed by atoms with Crippen LogP contribution in [0.3, 0.4) is 0 Å². The van der Waals surface area contributed by atoms with Gasteiger partial charge in [-0.25, -0.2) is 0 Å². The first-order valence-corrected chi connectivity index (χ1v) is 5.66. The molecule has 0 aromatic rings. The molecule has 4 heteroatoms. The first-order chi connectivity index (χ1) is 7.17. The van der Waals surface area contributed by atoms with Crippen LogP contribution in [0, 0.1) is 0 Å². The number of hydrogen-bond acceptors (Lipinski definition) is 4. The zero-order valence-electron chi connectivity index (χ0n) is 10.0. The zero-order valence-corrected chi connectivity index (χ0v) is 10.0. The Labute approximate surface area is 92.2 Å². The van der Waals surface area contributed by atoms with Gasteiger partial charge in [0.1, 0.15) is 0 Å². The normalized spacial score (nSPS) is 24.1. The summed E-state index contributed by atoms with van der Waals surface area (Å²) in [6, 6.07) is 0.636. The van der Waals surface area contributed by atoms with Crippen LogP contribution in [0.5, 0.6) is 0 Å². The molecule has 0 saturated carbocycles. The van der Waals surface area contributed by atoms with Crippen molar-refractivity contribution in [2.45, 2.75) is 25.8 Å². The van der Waals surface area contributed by atoms with Crippen LogP contribution in [0.2, 0.25) is 0 Å². The Kier molecular flexibility index (Phi) is 5.05.